The molecule has 1 unspecified atom stereocenters. The highest BCUT2D eigenvalue weighted by atomic mass is 19.1. The zero-order chi connectivity index (χ0) is 24.1. The molecule has 0 bridgehead atoms. The number of halogens is 1. The van der Waals surface area contributed by atoms with Crippen molar-refractivity contribution < 1.29 is 18.7 Å². The van der Waals surface area contributed by atoms with Gasteiger partial charge in [-0.15, -0.1) is 0 Å². The summed E-state index contributed by atoms with van der Waals surface area (Å²) in [6.07, 6.45) is 5.29. The summed E-state index contributed by atoms with van der Waals surface area (Å²) in [5.41, 5.74) is 3.11. The lowest BCUT2D eigenvalue weighted by molar-refractivity contribution is -0.120. The highest BCUT2D eigenvalue weighted by molar-refractivity contribution is 6.00. The van der Waals surface area contributed by atoms with Gasteiger partial charge in [0.2, 0.25) is 17.7 Å². The predicted molar refractivity (Wildman–Crippen MR) is 129 cm³/mol. The van der Waals surface area contributed by atoms with E-state index in [4.69, 9.17) is 4.74 Å². The van der Waals surface area contributed by atoms with Crippen LogP contribution >= 0.6 is 0 Å². The van der Waals surface area contributed by atoms with E-state index in [1.165, 1.54) is 11.0 Å². The van der Waals surface area contributed by atoms with Gasteiger partial charge in [-0.3, -0.25) is 9.59 Å². The third-order valence-electron chi connectivity index (χ3n) is 6.84. The number of aromatic nitrogens is 2. The summed E-state index contributed by atoms with van der Waals surface area (Å²) in [6, 6.07) is 10.4. The number of benzene rings is 1. The molecule has 8 nitrogen and oxygen atoms in total. The second-order valence-corrected chi connectivity index (χ2v) is 9.23. The van der Waals surface area contributed by atoms with Crippen molar-refractivity contribution in [1.82, 2.24) is 9.97 Å². The first-order valence-corrected chi connectivity index (χ1v) is 11.8. The second-order valence-electron chi connectivity index (χ2n) is 9.23. The van der Waals surface area contributed by atoms with Gasteiger partial charge < -0.3 is 19.9 Å². The first kappa shape index (κ1) is 21.5. The van der Waals surface area contributed by atoms with Gasteiger partial charge in [-0.25, -0.2) is 14.4 Å². The van der Waals surface area contributed by atoms with Crippen LogP contribution in [0, 0.1) is 11.7 Å². The maximum Gasteiger partial charge on any atom is 0.238 e. The standard InChI is InChI=1S/C26H24FN5O3/c1-15-9-19-14-35-25-22(32(19)26(15)34)11-18(13-29-25)30-23-7-5-17(12-28-23)16-4-6-21(20(27)10-16)31-8-2-3-24(31)33/h4-7,10-13,15,19H,2-3,8-9,14H2,1H3,(H,28,30)/t15?,19-/m0/s1. The number of rotatable bonds is 4. The summed E-state index contributed by atoms with van der Waals surface area (Å²) < 4.78 is 20.5. The molecule has 2 amide bonds. The van der Waals surface area contributed by atoms with Crippen molar-refractivity contribution in [2.45, 2.75) is 32.2 Å². The van der Waals surface area contributed by atoms with E-state index in [1.807, 2.05) is 19.1 Å². The fourth-order valence-electron chi connectivity index (χ4n) is 5.05. The highest BCUT2D eigenvalue weighted by Gasteiger charge is 2.42. The van der Waals surface area contributed by atoms with Crippen LogP contribution < -0.4 is 19.9 Å². The largest absolute Gasteiger partial charge is 0.474 e. The van der Waals surface area contributed by atoms with Crippen LogP contribution in [0.5, 0.6) is 5.88 Å². The minimum Gasteiger partial charge on any atom is -0.474 e. The third-order valence-corrected chi connectivity index (χ3v) is 6.84. The van der Waals surface area contributed by atoms with Crippen molar-refractivity contribution in [2.75, 3.05) is 28.3 Å². The van der Waals surface area contributed by atoms with Gasteiger partial charge in [0, 0.05) is 30.6 Å². The van der Waals surface area contributed by atoms with Crippen molar-refractivity contribution in [3.63, 3.8) is 0 Å². The van der Waals surface area contributed by atoms with Gasteiger partial charge in [0.25, 0.3) is 0 Å². The molecule has 35 heavy (non-hydrogen) atoms. The lowest BCUT2D eigenvalue weighted by Gasteiger charge is -2.31. The fourth-order valence-corrected chi connectivity index (χ4v) is 5.05. The lowest BCUT2D eigenvalue weighted by atomic mass is 10.1. The van der Waals surface area contributed by atoms with Gasteiger partial charge in [-0.1, -0.05) is 13.0 Å². The molecule has 1 N–H and O–H groups in total. The van der Waals surface area contributed by atoms with Crippen molar-refractivity contribution in [3.8, 4) is 17.0 Å². The topological polar surface area (TPSA) is 87.7 Å². The summed E-state index contributed by atoms with van der Waals surface area (Å²) in [7, 11) is 0. The molecule has 0 radical (unpaired) electrons. The number of nitrogens with zero attached hydrogens (tertiary/aromatic N) is 4. The molecule has 2 fully saturated rings. The van der Waals surface area contributed by atoms with Crippen LogP contribution in [-0.4, -0.2) is 41.0 Å². The number of ether oxygens (including phenoxy) is 1. The zero-order valence-electron chi connectivity index (χ0n) is 19.2. The molecule has 9 heteroatoms. The van der Waals surface area contributed by atoms with Crippen molar-refractivity contribution in [1.29, 1.82) is 0 Å². The van der Waals surface area contributed by atoms with Gasteiger partial charge in [0.1, 0.15) is 23.9 Å². The number of amides is 2. The van der Waals surface area contributed by atoms with Crippen LogP contribution in [0.2, 0.25) is 0 Å². The number of nitrogens with one attached hydrogen (secondary N) is 1. The number of hydrogen-bond donors (Lipinski definition) is 1. The normalized spacial score (nSPS) is 21.1. The Bertz CT molecular complexity index is 1330. The molecular formula is C26H24FN5O3. The molecule has 3 aliphatic heterocycles. The highest BCUT2D eigenvalue weighted by Crippen LogP contribution is 2.40. The van der Waals surface area contributed by atoms with E-state index in [0.717, 1.165) is 18.4 Å². The minimum absolute atomic E-state index is 0.0323. The molecule has 0 aliphatic carbocycles. The van der Waals surface area contributed by atoms with Crippen LogP contribution in [0.4, 0.5) is 27.3 Å². The summed E-state index contributed by atoms with van der Waals surface area (Å²) in [5.74, 6) is 0.634. The van der Waals surface area contributed by atoms with Gasteiger partial charge in [0.15, 0.2) is 0 Å². The van der Waals surface area contributed by atoms with Gasteiger partial charge in [-0.05, 0) is 48.7 Å². The smallest absolute Gasteiger partial charge is 0.238 e. The SMILES string of the molecule is CC1C[C@H]2COc3ncc(Nc4ccc(-c5ccc(N6CCCC6=O)c(F)c5)cn4)cc3N2C1=O. The molecule has 2 aromatic heterocycles. The average molecular weight is 474 g/mol. The number of carbonyl (C=O) groups excluding carboxylic acids is 2. The fraction of sp³-hybridized carbons (Fsp3) is 0.308. The Morgan fingerprint density at radius 1 is 1.06 bits per heavy atom. The maximum absolute atomic E-state index is 14.7. The Kier molecular flexibility index (Phi) is 5.12. The van der Waals surface area contributed by atoms with E-state index >= 15 is 0 Å². The number of hydrogen-bond acceptors (Lipinski definition) is 6. The van der Waals surface area contributed by atoms with Gasteiger partial charge in [-0.2, -0.15) is 0 Å². The average Bonchev–Trinajstić information content (AvgIpc) is 3.41. The van der Waals surface area contributed by atoms with E-state index in [-0.39, 0.29) is 23.8 Å². The predicted octanol–water partition coefficient (Wildman–Crippen LogP) is 4.29. The number of pyridine rings is 2. The van der Waals surface area contributed by atoms with Crippen LogP contribution in [0.15, 0.2) is 48.8 Å². The Balaban J connectivity index is 1.20. The second kappa shape index (κ2) is 8.33. The monoisotopic (exact) mass is 473 g/mol. The van der Waals surface area contributed by atoms with Gasteiger partial charge in [0.05, 0.1) is 23.6 Å². The van der Waals surface area contributed by atoms with Crippen LogP contribution in [0.3, 0.4) is 0 Å². The molecule has 178 valence electrons. The lowest BCUT2D eigenvalue weighted by Crippen LogP contribution is -2.41. The van der Waals surface area contributed by atoms with Crippen molar-refractivity contribution in [3.05, 3.63) is 54.6 Å². The molecule has 3 aliphatic rings. The van der Waals surface area contributed by atoms with Crippen LogP contribution in [0.1, 0.15) is 26.2 Å². The summed E-state index contributed by atoms with van der Waals surface area (Å²) in [5, 5.41) is 3.22. The molecule has 1 aromatic carbocycles. The number of anilines is 4. The van der Waals surface area contributed by atoms with E-state index in [0.29, 0.717) is 53.9 Å². The molecule has 3 aromatic rings. The number of carbonyl (C=O) groups is 2. The van der Waals surface area contributed by atoms with Gasteiger partial charge >= 0.3 is 0 Å². The van der Waals surface area contributed by atoms with Crippen LogP contribution in [-0.2, 0) is 9.59 Å². The Hall–Kier alpha value is -4.01. The van der Waals surface area contributed by atoms with E-state index in [2.05, 4.69) is 15.3 Å². The maximum atomic E-state index is 14.7. The molecular weight excluding hydrogens is 449 g/mol. The van der Waals surface area contributed by atoms with E-state index < -0.39 is 5.82 Å². The van der Waals surface area contributed by atoms with E-state index in [1.54, 1.807) is 35.5 Å². The summed E-state index contributed by atoms with van der Waals surface area (Å²) >= 11 is 0. The van der Waals surface area contributed by atoms with E-state index in [9.17, 15) is 14.0 Å². The van der Waals surface area contributed by atoms with Crippen molar-refractivity contribution in [2.24, 2.45) is 5.92 Å². The molecule has 6 rings (SSSR count). The summed E-state index contributed by atoms with van der Waals surface area (Å²) in [6.45, 7) is 2.95. The summed E-state index contributed by atoms with van der Waals surface area (Å²) in [4.78, 5) is 36.7. The quantitative estimate of drug-likeness (QED) is 0.608. The Morgan fingerprint density at radius 2 is 1.91 bits per heavy atom. The molecule has 2 atom stereocenters. The molecule has 0 spiro atoms. The molecule has 0 saturated carbocycles. The van der Waals surface area contributed by atoms with Crippen molar-refractivity contribution >= 4 is 34.7 Å². The Labute approximate surface area is 201 Å². The minimum atomic E-state index is -0.425. The Morgan fingerprint density at radius 3 is 2.66 bits per heavy atom. The number of fused-ring (bicyclic) bond motifs is 3. The zero-order valence-corrected chi connectivity index (χ0v) is 19.2. The van der Waals surface area contributed by atoms with Crippen LogP contribution in [0.25, 0.3) is 11.1 Å². The first-order valence-electron chi connectivity index (χ1n) is 11.8. The molecule has 2 saturated heterocycles. The first-order chi connectivity index (χ1) is 17.0. The third kappa shape index (κ3) is 3.77. The molecule has 5 heterocycles.